The summed E-state index contributed by atoms with van der Waals surface area (Å²) in [6.07, 6.45) is 6.75. The van der Waals surface area contributed by atoms with Crippen LogP contribution in [-0.4, -0.2) is 43.3 Å². The molecule has 2 rings (SSSR count). The summed E-state index contributed by atoms with van der Waals surface area (Å²) in [5, 5.41) is 0. The Kier molecular flexibility index (Phi) is 4.11. The van der Waals surface area contributed by atoms with Crippen molar-refractivity contribution in [3.63, 3.8) is 0 Å². The van der Waals surface area contributed by atoms with Gasteiger partial charge in [0.15, 0.2) is 0 Å². The fraction of sp³-hybridized carbons (Fsp3) is 1.00. The van der Waals surface area contributed by atoms with Crippen molar-refractivity contribution >= 4 is 0 Å². The molecule has 0 aromatic carbocycles. The molecule has 1 saturated carbocycles. The average Bonchev–Trinajstić information content (AvgIpc) is 2.68. The van der Waals surface area contributed by atoms with E-state index in [-0.39, 0.29) is 0 Å². The van der Waals surface area contributed by atoms with Crippen molar-refractivity contribution in [3.05, 3.63) is 0 Å². The zero-order valence-electron chi connectivity index (χ0n) is 11.6. The first kappa shape index (κ1) is 13.3. The average molecular weight is 240 g/mol. The van der Waals surface area contributed by atoms with Crippen LogP contribution in [0.3, 0.4) is 0 Å². The van der Waals surface area contributed by atoms with Crippen LogP contribution >= 0.6 is 0 Å². The third-order valence-electron chi connectivity index (χ3n) is 4.73. The monoisotopic (exact) mass is 240 g/mol. The van der Waals surface area contributed by atoms with Crippen LogP contribution in [0, 0.1) is 5.41 Å². The highest BCUT2D eigenvalue weighted by atomic mass is 16.5. The van der Waals surface area contributed by atoms with Crippen molar-refractivity contribution in [1.82, 2.24) is 4.90 Å². The molecule has 0 bridgehead atoms. The van der Waals surface area contributed by atoms with Crippen molar-refractivity contribution < 1.29 is 4.74 Å². The van der Waals surface area contributed by atoms with Crippen molar-refractivity contribution in [1.29, 1.82) is 0 Å². The smallest absolute Gasteiger partial charge is 0.0599 e. The zero-order chi connectivity index (χ0) is 12.5. The Bertz CT molecular complexity index is 255. The Morgan fingerprint density at radius 2 is 2.12 bits per heavy atom. The summed E-state index contributed by atoms with van der Waals surface area (Å²) in [4.78, 5) is 2.67. The van der Waals surface area contributed by atoms with E-state index in [0.29, 0.717) is 17.6 Å². The lowest BCUT2D eigenvalue weighted by atomic mass is 9.90. The molecule has 3 heteroatoms. The maximum Gasteiger partial charge on any atom is 0.0599 e. The van der Waals surface area contributed by atoms with E-state index in [9.17, 15) is 0 Å². The van der Waals surface area contributed by atoms with Gasteiger partial charge in [0, 0.05) is 32.3 Å². The van der Waals surface area contributed by atoms with Gasteiger partial charge in [-0.25, -0.2) is 0 Å². The molecule has 1 saturated heterocycles. The fourth-order valence-electron chi connectivity index (χ4n) is 3.64. The van der Waals surface area contributed by atoms with Crippen LogP contribution in [0.25, 0.3) is 0 Å². The number of piperidine rings is 1. The molecule has 0 spiro atoms. The lowest BCUT2D eigenvalue weighted by Gasteiger charge is -2.42. The quantitative estimate of drug-likeness (QED) is 0.820. The fourth-order valence-corrected chi connectivity index (χ4v) is 3.64. The second kappa shape index (κ2) is 5.25. The van der Waals surface area contributed by atoms with Crippen LogP contribution < -0.4 is 5.73 Å². The van der Waals surface area contributed by atoms with Gasteiger partial charge in [-0.1, -0.05) is 13.8 Å². The Morgan fingerprint density at radius 1 is 1.35 bits per heavy atom. The van der Waals surface area contributed by atoms with E-state index in [1.807, 2.05) is 7.11 Å². The first-order chi connectivity index (χ1) is 8.05. The number of rotatable bonds is 3. The Balaban J connectivity index is 1.96. The van der Waals surface area contributed by atoms with Gasteiger partial charge in [-0.2, -0.15) is 0 Å². The number of ether oxygens (including phenoxy) is 1. The Morgan fingerprint density at radius 3 is 2.65 bits per heavy atom. The molecule has 3 nitrogen and oxygen atoms in total. The van der Waals surface area contributed by atoms with Crippen LogP contribution in [-0.2, 0) is 4.74 Å². The van der Waals surface area contributed by atoms with E-state index in [1.54, 1.807) is 0 Å². The number of nitrogens with two attached hydrogens (primary N) is 1. The van der Waals surface area contributed by atoms with E-state index in [2.05, 4.69) is 18.7 Å². The van der Waals surface area contributed by atoms with Gasteiger partial charge in [-0.15, -0.1) is 0 Å². The standard InChI is InChI=1S/C14H28N2O/c1-14(2)6-4-11(9-14)16-7-5-13(17-3)8-12(16)10-15/h11-13H,4-10,15H2,1-3H3. The van der Waals surface area contributed by atoms with Crippen molar-refractivity contribution in [3.8, 4) is 0 Å². The number of methoxy groups -OCH3 is 1. The summed E-state index contributed by atoms with van der Waals surface area (Å²) < 4.78 is 5.49. The third kappa shape index (κ3) is 3.01. The van der Waals surface area contributed by atoms with Crippen LogP contribution in [0.1, 0.15) is 46.0 Å². The van der Waals surface area contributed by atoms with E-state index < -0.39 is 0 Å². The van der Waals surface area contributed by atoms with Crippen LogP contribution in [0.15, 0.2) is 0 Å². The molecule has 3 unspecified atom stereocenters. The summed E-state index contributed by atoms with van der Waals surface area (Å²) in [6, 6.07) is 1.30. The number of hydrogen-bond donors (Lipinski definition) is 1. The van der Waals surface area contributed by atoms with Crippen molar-refractivity contribution in [2.75, 3.05) is 20.2 Å². The largest absolute Gasteiger partial charge is 0.381 e. The molecule has 3 atom stereocenters. The molecule has 1 aliphatic heterocycles. The number of hydrogen-bond acceptors (Lipinski definition) is 3. The first-order valence-electron chi connectivity index (χ1n) is 7.04. The van der Waals surface area contributed by atoms with E-state index in [0.717, 1.165) is 19.0 Å². The molecule has 0 radical (unpaired) electrons. The highest BCUT2D eigenvalue weighted by Crippen LogP contribution is 2.41. The van der Waals surface area contributed by atoms with Gasteiger partial charge in [0.25, 0.3) is 0 Å². The number of nitrogens with zero attached hydrogens (tertiary/aromatic N) is 1. The summed E-state index contributed by atoms with van der Waals surface area (Å²) >= 11 is 0. The SMILES string of the molecule is COC1CCN(C2CCC(C)(C)C2)C(CN)C1. The van der Waals surface area contributed by atoms with Gasteiger partial charge in [0.1, 0.15) is 0 Å². The number of likely N-dealkylation sites (tertiary alicyclic amines) is 1. The maximum atomic E-state index is 5.95. The van der Waals surface area contributed by atoms with E-state index in [1.165, 1.54) is 32.2 Å². The second-order valence-electron chi connectivity index (χ2n) is 6.57. The molecule has 1 heterocycles. The third-order valence-corrected chi connectivity index (χ3v) is 4.73. The first-order valence-corrected chi connectivity index (χ1v) is 7.04. The minimum atomic E-state index is 0.425. The molecule has 2 fully saturated rings. The van der Waals surface area contributed by atoms with Crippen LogP contribution in [0.2, 0.25) is 0 Å². The lowest BCUT2D eigenvalue weighted by molar-refractivity contribution is -0.00457. The van der Waals surface area contributed by atoms with Gasteiger partial charge in [0.05, 0.1) is 6.10 Å². The summed E-state index contributed by atoms with van der Waals surface area (Å²) in [5.41, 5.74) is 6.48. The second-order valence-corrected chi connectivity index (χ2v) is 6.57. The topological polar surface area (TPSA) is 38.5 Å². The van der Waals surface area contributed by atoms with Gasteiger partial charge in [0.2, 0.25) is 0 Å². The van der Waals surface area contributed by atoms with Gasteiger partial charge < -0.3 is 10.5 Å². The Labute approximate surface area is 106 Å². The van der Waals surface area contributed by atoms with Crippen molar-refractivity contribution in [2.45, 2.75) is 64.1 Å². The molecular weight excluding hydrogens is 212 g/mol. The predicted molar refractivity (Wildman–Crippen MR) is 71.0 cm³/mol. The van der Waals surface area contributed by atoms with Gasteiger partial charge in [-0.05, 0) is 37.5 Å². The maximum absolute atomic E-state index is 5.95. The molecular formula is C14H28N2O. The van der Waals surface area contributed by atoms with E-state index >= 15 is 0 Å². The minimum absolute atomic E-state index is 0.425. The highest BCUT2D eigenvalue weighted by molar-refractivity contribution is 4.93. The summed E-state index contributed by atoms with van der Waals surface area (Å²) in [7, 11) is 1.83. The molecule has 2 aliphatic rings. The van der Waals surface area contributed by atoms with Crippen molar-refractivity contribution in [2.24, 2.45) is 11.1 Å². The van der Waals surface area contributed by atoms with E-state index in [4.69, 9.17) is 10.5 Å². The zero-order valence-corrected chi connectivity index (χ0v) is 11.6. The predicted octanol–water partition coefficient (Wildman–Crippen LogP) is 2.00. The lowest BCUT2D eigenvalue weighted by Crippen LogP contribution is -2.52. The highest BCUT2D eigenvalue weighted by Gasteiger charge is 2.38. The molecule has 100 valence electrons. The molecule has 0 amide bonds. The molecule has 0 aromatic rings. The summed E-state index contributed by atoms with van der Waals surface area (Å²) in [5.74, 6) is 0. The molecule has 17 heavy (non-hydrogen) atoms. The summed E-state index contributed by atoms with van der Waals surface area (Å²) in [6.45, 7) is 6.73. The molecule has 2 N–H and O–H groups in total. The van der Waals surface area contributed by atoms with Gasteiger partial charge in [-0.3, -0.25) is 4.90 Å². The minimum Gasteiger partial charge on any atom is -0.381 e. The molecule has 1 aliphatic carbocycles. The van der Waals surface area contributed by atoms with Crippen LogP contribution in [0.4, 0.5) is 0 Å². The Hall–Kier alpha value is -0.120. The molecule has 0 aromatic heterocycles. The van der Waals surface area contributed by atoms with Crippen LogP contribution in [0.5, 0.6) is 0 Å². The normalized spacial score (nSPS) is 38.5. The van der Waals surface area contributed by atoms with Gasteiger partial charge >= 0.3 is 0 Å².